The number of ether oxygens (including phenoxy) is 1. The minimum absolute atomic E-state index is 0.0305. The van der Waals surface area contributed by atoms with Crippen molar-refractivity contribution in [1.29, 1.82) is 0 Å². The average molecular weight is 477 g/mol. The van der Waals surface area contributed by atoms with E-state index in [1.54, 1.807) is 12.1 Å². The first kappa shape index (κ1) is 24.1. The van der Waals surface area contributed by atoms with Crippen molar-refractivity contribution < 1.29 is 36.3 Å². The van der Waals surface area contributed by atoms with Crippen molar-refractivity contribution in [3.63, 3.8) is 0 Å². The Labute approximate surface area is 186 Å². The van der Waals surface area contributed by atoms with Crippen molar-refractivity contribution in [2.24, 2.45) is 0 Å². The molecule has 1 aromatic carbocycles. The number of rotatable bonds is 5. The Balaban J connectivity index is 1.65. The number of nitrogens with zero attached hydrogens (tertiary/aromatic N) is 2. The van der Waals surface area contributed by atoms with E-state index in [9.17, 15) is 27.2 Å². The predicted octanol–water partition coefficient (Wildman–Crippen LogP) is 4.50. The van der Waals surface area contributed by atoms with Crippen LogP contribution in [0.3, 0.4) is 0 Å². The fourth-order valence-corrected chi connectivity index (χ4v) is 3.61. The second-order valence-electron chi connectivity index (χ2n) is 7.39. The van der Waals surface area contributed by atoms with E-state index in [1.807, 2.05) is 4.90 Å². The van der Waals surface area contributed by atoms with Crippen molar-refractivity contribution in [2.75, 3.05) is 26.2 Å². The summed E-state index contributed by atoms with van der Waals surface area (Å²) in [5.41, 5.74) is -1.87. The molecule has 2 aromatic rings. The van der Waals surface area contributed by atoms with E-state index in [4.69, 9.17) is 20.8 Å². The first-order valence-corrected chi connectivity index (χ1v) is 10.2. The number of furan rings is 1. The van der Waals surface area contributed by atoms with Crippen LogP contribution >= 0.6 is 11.6 Å². The third-order valence-corrected chi connectivity index (χ3v) is 5.25. The SMILES string of the molecule is CC(=O)OCc1ccc(CN2CCCN(C(=O)c3cc(C(F)(F)F)cc(Cl)c3F)CC2)o1. The highest BCUT2D eigenvalue weighted by atomic mass is 35.5. The van der Waals surface area contributed by atoms with Gasteiger partial charge in [0.05, 0.1) is 22.7 Å². The van der Waals surface area contributed by atoms with Gasteiger partial charge in [-0.15, -0.1) is 0 Å². The molecule has 0 bridgehead atoms. The van der Waals surface area contributed by atoms with Gasteiger partial charge in [-0.2, -0.15) is 13.2 Å². The molecule has 0 spiro atoms. The number of hydrogen-bond acceptors (Lipinski definition) is 5. The Morgan fingerprint density at radius 2 is 1.84 bits per heavy atom. The van der Waals surface area contributed by atoms with Gasteiger partial charge in [-0.05, 0) is 30.7 Å². The second-order valence-corrected chi connectivity index (χ2v) is 7.79. The first-order valence-electron chi connectivity index (χ1n) is 9.83. The van der Waals surface area contributed by atoms with E-state index in [-0.39, 0.29) is 19.7 Å². The molecule has 1 aliphatic heterocycles. The van der Waals surface area contributed by atoms with Crippen LogP contribution in [0.5, 0.6) is 0 Å². The van der Waals surface area contributed by atoms with Gasteiger partial charge in [-0.1, -0.05) is 11.6 Å². The third kappa shape index (κ3) is 6.01. The van der Waals surface area contributed by atoms with Crippen molar-refractivity contribution in [3.8, 4) is 0 Å². The summed E-state index contributed by atoms with van der Waals surface area (Å²) in [6, 6.07) is 4.43. The van der Waals surface area contributed by atoms with Gasteiger partial charge >= 0.3 is 12.1 Å². The molecule has 1 aliphatic rings. The molecule has 11 heteroatoms. The average Bonchev–Trinajstić information content (AvgIpc) is 3.03. The Hall–Kier alpha value is -2.59. The van der Waals surface area contributed by atoms with Crippen LogP contribution in [-0.4, -0.2) is 47.9 Å². The molecular weight excluding hydrogens is 456 g/mol. The molecule has 0 aliphatic carbocycles. The molecule has 1 aromatic heterocycles. The van der Waals surface area contributed by atoms with Gasteiger partial charge in [-0.3, -0.25) is 14.5 Å². The molecule has 0 N–H and O–H groups in total. The monoisotopic (exact) mass is 476 g/mol. The lowest BCUT2D eigenvalue weighted by Crippen LogP contribution is -2.35. The molecule has 0 atom stereocenters. The maximum absolute atomic E-state index is 14.4. The van der Waals surface area contributed by atoms with Crippen LogP contribution in [0.2, 0.25) is 5.02 Å². The van der Waals surface area contributed by atoms with Gasteiger partial charge in [0.15, 0.2) is 5.82 Å². The standard InChI is InChI=1S/C21H21ClF4N2O4/c1-13(29)31-12-16-4-3-15(32-16)11-27-5-2-6-28(8-7-27)20(30)17-9-14(21(24,25)26)10-18(22)19(17)23/h3-4,9-10H,2,5-8,11-12H2,1H3. The topological polar surface area (TPSA) is 63.0 Å². The predicted molar refractivity (Wildman–Crippen MR) is 106 cm³/mol. The van der Waals surface area contributed by atoms with Crippen LogP contribution in [0, 0.1) is 5.82 Å². The van der Waals surface area contributed by atoms with Crippen molar-refractivity contribution >= 4 is 23.5 Å². The fourth-order valence-electron chi connectivity index (χ4n) is 3.39. The molecule has 1 saturated heterocycles. The number of amides is 1. The summed E-state index contributed by atoms with van der Waals surface area (Å²) in [4.78, 5) is 27.0. The highest BCUT2D eigenvalue weighted by Crippen LogP contribution is 2.34. The Morgan fingerprint density at radius 1 is 1.12 bits per heavy atom. The molecule has 0 radical (unpaired) electrons. The van der Waals surface area contributed by atoms with Gasteiger partial charge in [0.2, 0.25) is 0 Å². The smallest absolute Gasteiger partial charge is 0.416 e. The first-order chi connectivity index (χ1) is 15.0. The maximum Gasteiger partial charge on any atom is 0.416 e. The van der Waals surface area contributed by atoms with E-state index in [2.05, 4.69) is 0 Å². The van der Waals surface area contributed by atoms with Crippen molar-refractivity contribution in [3.05, 3.63) is 57.8 Å². The Kier molecular flexibility index (Phi) is 7.45. The highest BCUT2D eigenvalue weighted by molar-refractivity contribution is 6.31. The van der Waals surface area contributed by atoms with Crippen LogP contribution in [0.15, 0.2) is 28.7 Å². The minimum Gasteiger partial charge on any atom is -0.461 e. The minimum atomic E-state index is -4.75. The van der Waals surface area contributed by atoms with Crippen molar-refractivity contribution in [1.82, 2.24) is 9.80 Å². The molecule has 0 unspecified atom stereocenters. The number of benzene rings is 1. The number of alkyl halides is 3. The van der Waals surface area contributed by atoms with Gasteiger partial charge in [-0.25, -0.2) is 4.39 Å². The number of carbonyl (C=O) groups is 2. The van der Waals surface area contributed by atoms with Crippen LogP contribution in [0.4, 0.5) is 17.6 Å². The fraction of sp³-hybridized carbons (Fsp3) is 0.429. The van der Waals surface area contributed by atoms with E-state index < -0.39 is 40.0 Å². The van der Waals surface area contributed by atoms with Crippen LogP contribution in [0.1, 0.15) is 40.8 Å². The Morgan fingerprint density at radius 3 is 2.53 bits per heavy atom. The van der Waals surface area contributed by atoms with Gasteiger partial charge in [0.25, 0.3) is 5.91 Å². The van der Waals surface area contributed by atoms with Gasteiger partial charge < -0.3 is 14.1 Å². The summed E-state index contributed by atoms with van der Waals surface area (Å²) in [5.74, 6) is -1.28. The lowest BCUT2D eigenvalue weighted by Gasteiger charge is -2.22. The molecule has 1 fully saturated rings. The molecule has 2 heterocycles. The van der Waals surface area contributed by atoms with E-state index in [0.717, 1.165) is 0 Å². The summed E-state index contributed by atoms with van der Waals surface area (Å²) in [6.07, 6.45) is -4.21. The lowest BCUT2D eigenvalue weighted by molar-refractivity contribution is -0.142. The molecule has 0 saturated carbocycles. The summed E-state index contributed by atoms with van der Waals surface area (Å²) >= 11 is 5.60. The number of halogens is 5. The normalized spacial score (nSPS) is 15.5. The van der Waals surface area contributed by atoms with E-state index in [1.165, 1.54) is 11.8 Å². The summed E-state index contributed by atoms with van der Waals surface area (Å²) in [5, 5.41) is -0.748. The second kappa shape index (κ2) is 9.91. The Bertz CT molecular complexity index is 993. The largest absolute Gasteiger partial charge is 0.461 e. The number of hydrogen-bond donors (Lipinski definition) is 0. The molecular formula is C21H21ClF4N2O4. The van der Waals surface area contributed by atoms with Crippen molar-refractivity contribution in [2.45, 2.75) is 32.7 Å². The van der Waals surface area contributed by atoms with E-state index in [0.29, 0.717) is 49.7 Å². The lowest BCUT2D eigenvalue weighted by atomic mass is 10.1. The van der Waals surface area contributed by atoms with Crippen LogP contribution < -0.4 is 0 Å². The summed E-state index contributed by atoms with van der Waals surface area (Å²) in [7, 11) is 0. The molecule has 6 nitrogen and oxygen atoms in total. The third-order valence-electron chi connectivity index (χ3n) is 4.98. The highest BCUT2D eigenvalue weighted by Gasteiger charge is 2.34. The number of esters is 1. The van der Waals surface area contributed by atoms with Crippen LogP contribution in [-0.2, 0) is 28.9 Å². The molecule has 174 valence electrons. The maximum atomic E-state index is 14.4. The summed E-state index contributed by atoms with van der Waals surface area (Å²) in [6.45, 7) is 3.25. The zero-order valence-electron chi connectivity index (χ0n) is 17.2. The van der Waals surface area contributed by atoms with Crippen LogP contribution in [0.25, 0.3) is 0 Å². The molecule has 1 amide bonds. The van der Waals surface area contributed by atoms with E-state index >= 15 is 0 Å². The van der Waals surface area contributed by atoms with Gasteiger partial charge in [0.1, 0.15) is 18.1 Å². The number of carbonyl (C=O) groups excluding carboxylic acids is 2. The van der Waals surface area contributed by atoms with Gasteiger partial charge in [0, 0.05) is 33.1 Å². The zero-order chi connectivity index (χ0) is 23.5. The quantitative estimate of drug-likeness (QED) is 0.469. The zero-order valence-corrected chi connectivity index (χ0v) is 17.9. The summed E-state index contributed by atoms with van der Waals surface area (Å²) < 4.78 is 64.0. The molecule has 3 rings (SSSR count). The molecule has 32 heavy (non-hydrogen) atoms.